The number of nitrogens with one attached hydrogen (secondary N) is 1. The van der Waals surface area contributed by atoms with Crippen molar-refractivity contribution in [2.24, 2.45) is 0 Å². The summed E-state index contributed by atoms with van der Waals surface area (Å²) in [6.07, 6.45) is 0.544. The molecule has 1 unspecified atom stereocenters. The van der Waals surface area contributed by atoms with Gasteiger partial charge in [0, 0.05) is 22.2 Å². The molecule has 1 N–H and O–H groups in total. The summed E-state index contributed by atoms with van der Waals surface area (Å²) in [5.74, 6) is -0.810. The van der Waals surface area contributed by atoms with Crippen LogP contribution in [0.4, 0.5) is 0 Å². The Hall–Kier alpha value is -3.81. The lowest BCUT2D eigenvalue weighted by Crippen LogP contribution is -2.25. The molecule has 0 aliphatic carbocycles. The molecule has 0 saturated heterocycles. The van der Waals surface area contributed by atoms with Gasteiger partial charge >= 0.3 is 5.97 Å². The fraction of sp³-hybridized carbons (Fsp3) is 0.150. The first kappa shape index (κ1) is 17.6. The van der Waals surface area contributed by atoms with E-state index in [1.54, 1.807) is 31.2 Å². The fourth-order valence-corrected chi connectivity index (χ4v) is 3.11. The molecule has 0 bridgehead atoms. The smallest absolute Gasteiger partial charge is 0.338 e. The number of ether oxygens (including phenoxy) is 1. The van der Waals surface area contributed by atoms with E-state index in [1.807, 2.05) is 31.2 Å². The topological polar surface area (TPSA) is 103 Å². The molecule has 0 aliphatic heterocycles. The molecule has 1 atom stereocenters. The molecule has 8 heteroatoms. The lowest BCUT2D eigenvalue weighted by atomic mass is 10.0. The summed E-state index contributed by atoms with van der Waals surface area (Å²) in [7, 11) is 0. The third-order valence-corrected chi connectivity index (χ3v) is 4.51. The molecule has 2 heterocycles. The van der Waals surface area contributed by atoms with Crippen LogP contribution in [0.25, 0.3) is 16.6 Å². The number of nitrogens with zero attached hydrogens (tertiary/aromatic N) is 4. The number of H-pyrrole nitrogens is 1. The first-order valence-corrected chi connectivity index (χ1v) is 8.70. The van der Waals surface area contributed by atoms with E-state index >= 15 is 0 Å². The Balaban J connectivity index is 1.51. The minimum atomic E-state index is -0.912. The lowest BCUT2D eigenvalue weighted by molar-refractivity contribution is 0.0319. The molecule has 4 aromatic rings. The number of carbonyl (C=O) groups excluding carboxylic acids is 2. The molecular formula is C20H17N5O3. The molecular weight excluding hydrogens is 358 g/mol. The molecule has 0 amide bonds. The van der Waals surface area contributed by atoms with Gasteiger partial charge in [-0.25, -0.2) is 9.48 Å². The van der Waals surface area contributed by atoms with Gasteiger partial charge < -0.3 is 9.72 Å². The van der Waals surface area contributed by atoms with E-state index in [9.17, 15) is 9.59 Å². The molecule has 0 radical (unpaired) electrons. The number of carbonyl (C=O) groups is 2. The van der Waals surface area contributed by atoms with E-state index in [2.05, 4.69) is 20.5 Å². The van der Waals surface area contributed by atoms with Crippen LogP contribution < -0.4 is 0 Å². The quantitative estimate of drug-likeness (QED) is 0.425. The Morgan fingerprint density at radius 1 is 1.11 bits per heavy atom. The van der Waals surface area contributed by atoms with E-state index in [0.29, 0.717) is 16.8 Å². The third kappa shape index (κ3) is 3.16. The lowest BCUT2D eigenvalue weighted by Gasteiger charge is -2.13. The second-order valence-electron chi connectivity index (χ2n) is 6.38. The molecule has 2 aromatic carbocycles. The first-order chi connectivity index (χ1) is 13.5. The van der Waals surface area contributed by atoms with Gasteiger partial charge in [0.05, 0.1) is 11.3 Å². The van der Waals surface area contributed by atoms with Crippen LogP contribution in [0.3, 0.4) is 0 Å². The van der Waals surface area contributed by atoms with Crippen LogP contribution in [0.15, 0.2) is 54.9 Å². The number of Topliss-reactive ketones (excluding diaryl/α,β-unsaturated/α-hetero) is 1. The van der Waals surface area contributed by atoms with Gasteiger partial charge in [-0.05, 0) is 54.6 Å². The summed E-state index contributed by atoms with van der Waals surface area (Å²) >= 11 is 0. The number of esters is 1. The summed E-state index contributed by atoms with van der Waals surface area (Å²) in [4.78, 5) is 28.5. The minimum absolute atomic E-state index is 0.242. The summed E-state index contributed by atoms with van der Waals surface area (Å²) in [6.45, 7) is 3.41. The van der Waals surface area contributed by atoms with E-state index in [0.717, 1.165) is 16.6 Å². The normalized spacial score (nSPS) is 12.1. The third-order valence-electron chi connectivity index (χ3n) is 4.51. The Labute approximate surface area is 160 Å². The van der Waals surface area contributed by atoms with Crippen molar-refractivity contribution < 1.29 is 14.3 Å². The van der Waals surface area contributed by atoms with E-state index in [4.69, 9.17) is 4.74 Å². The second kappa shape index (κ2) is 7.07. The van der Waals surface area contributed by atoms with Crippen molar-refractivity contribution in [2.45, 2.75) is 20.0 Å². The van der Waals surface area contributed by atoms with Gasteiger partial charge in [-0.15, -0.1) is 5.10 Å². The minimum Gasteiger partial charge on any atom is -0.451 e. The van der Waals surface area contributed by atoms with Gasteiger partial charge in [-0.2, -0.15) is 0 Å². The maximum atomic E-state index is 12.9. The number of aromatic amines is 1. The number of fused-ring (bicyclic) bond motifs is 1. The zero-order valence-electron chi connectivity index (χ0n) is 15.3. The van der Waals surface area contributed by atoms with Gasteiger partial charge in [0.25, 0.3) is 0 Å². The van der Waals surface area contributed by atoms with Crippen LogP contribution in [-0.4, -0.2) is 43.0 Å². The number of hydrogen-bond acceptors (Lipinski definition) is 6. The standard InChI is InChI=1S/C20H17N5O3/c1-12-18(16-5-3-4-6-17(16)22-12)19(26)13(2)28-20(27)14-7-9-15(10-8-14)25-11-21-23-24-25/h3-11,13,22H,1-2H3. The molecule has 4 rings (SSSR count). The van der Waals surface area contributed by atoms with Crippen molar-refractivity contribution in [3.63, 3.8) is 0 Å². The van der Waals surface area contributed by atoms with Crippen LogP contribution in [0.5, 0.6) is 0 Å². The van der Waals surface area contributed by atoms with Crippen molar-refractivity contribution in [2.75, 3.05) is 0 Å². The van der Waals surface area contributed by atoms with Crippen LogP contribution >= 0.6 is 0 Å². The summed E-state index contributed by atoms with van der Waals surface area (Å²) in [6, 6.07) is 14.2. The summed E-state index contributed by atoms with van der Waals surface area (Å²) < 4.78 is 6.88. The van der Waals surface area contributed by atoms with Gasteiger partial charge in [0.2, 0.25) is 5.78 Å². The van der Waals surface area contributed by atoms with Gasteiger partial charge in [-0.3, -0.25) is 4.79 Å². The number of ketones is 1. The summed E-state index contributed by atoms with van der Waals surface area (Å²) in [5.41, 5.74) is 3.22. The number of rotatable bonds is 5. The van der Waals surface area contributed by atoms with Crippen LogP contribution in [0.1, 0.15) is 33.3 Å². The monoisotopic (exact) mass is 375 g/mol. The van der Waals surface area contributed by atoms with Crippen molar-refractivity contribution in [3.05, 3.63) is 71.7 Å². The average Bonchev–Trinajstić information content (AvgIpc) is 3.34. The van der Waals surface area contributed by atoms with Crippen LogP contribution in [-0.2, 0) is 4.74 Å². The van der Waals surface area contributed by atoms with Gasteiger partial charge in [0.1, 0.15) is 6.33 Å². The van der Waals surface area contributed by atoms with Gasteiger partial charge in [-0.1, -0.05) is 18.2 Å². The van der Waals surface area contributed by atoms with Crippen LogP contribution in [0.2, 0.25) is 0 Å². The van der Waals surface area contributed by atoms with Crippen molar-refractivity contribution >= 4 is 22.7 Å². The molecule has 0 aliphatic rings. The van der Waals surface area contributed by atoms with Crippen molar-refractivity contribution in [1.29, 1.82) is 0 Å². The number of para-hydroxylation sites is 1. The largest absolute Gasteiger partial charge is 0.451 e. The number of aromatic nitrogens is 5. The van der Waals surface area contributed by atoms with E-state index in [-0.39, 0.29) is 5.78 Å². The van der Waals surface area contributed by atoms with Crippen LogP contribution in [0, 0.1) is 6.92 Å². The highest BCUT2D eigenvalue weighted by Gasteiger charge is 2.24. The molecule has 0 saturated carbocycles. The van der Waals surface area contributed by atoms with Crippen molar-refractivity contribution in [1.82, 2.24) is 25.2 Å². The highest BCUT2D eigenvalue weighted by Crippen LogP contribution is 2.24. The highest BCUT2D eigenvalue weighted by atomic mass is 16.5. The average molecular weight is 375 g/mol. The Morgan fingerprint density at radius 2 is 1.86 bits per heavy atom. The summed E-state index contributed by atoms with van der Waals surface area (Å²) in [5, 5.41) is 11.7. The Bertz CT molecular complexity index is 1150. The SMILES string of the molecule is Cc1[nH]c2ccccc2c1C(=O)C(C)OC(=O)c1ccc(-n2cnnn2)cc1. The van der Waals surface area contributed by atoms with E-state index in [1.165, 1.54) is 11.0 Å². The molecule has 0 fully saturated rings. The molecule has 140 valence electrons. The number of hydrogen-bond donors (Lipinski definition) is 1. The molecule has 0 spiro atoms. The Kier molecular flexibility index (Phi) is 4.44. The number of aryl methyl sites for hydroxylation is 1. The highest BCUT2D eigenvalue weighted by molar-refractivity contribution is 6.11. The molecule has 28 heavy (non-hydrogen) atoms. The zero-order valence-corrected chi connectivity index (χ0v) is 15.3. The number of tetrazole rings is 1. The maximum absolute atomic E-state index is 12.9. The predicted molar refractivity (Wildman–Crippen MR) is 101 cm³/mol. The Morgan fingerprint density at radius 3 is 2.57 bits per heavy atom. The maximum Gasteiger partial charge on any atom is 0.338 e. The number of benzene rings is 2. The van der Waals surface area contributed by atoms with Crippen molar-refractivity contribution in [3.8, 4) is 5.69 Å². The fourth-order valence-electron chi connectivity index (χ4n) is 3.11. The molecule has 2 aromatic heterocycles. The molecule has 8 nitrogen and oxygen atoms in total. The van der Waals surface area contributed by atoms with Gasteiger partial charge in [0.15, 0.2) is 6.10 Å². The predicted octanol–water partition coefficient (Wildman–Crippen LogP) is 2.88. The zero-order chi connectivity index (χ0) is 19.7. The first-order valence-electron chi connectivity index (χ1n) is 8.70. The second-order valence-corrected chi connectivity index (χ2v) is 6.38. The van der Waals surface area contributed by atoms with E-state index < -0.39 is 12.1 Å².